The number of nitrogen functional groups attached to an aromatic ring is 1. The van der Waals surface area contributed by atoms with E-state index >= 15 is 0 Å². The molecule has 7 nitrogen and oxygen atoms in total. The summed E-state index contributed by atoms with van der Waals surface area (Å²) in [4.78, 5) is 29.0. The van der Waals surface area contributed by atoms with Gasteiger partial charge in [0.05, 0.1) is 10.9 Å². The van der Waals surface area contributed by atoms with Crippen molar-refractivity contribution in [2.75, 3.05) is 36.8 Å². The van der Waals surface area contributed by atoms with Crippen LogP contribution in [-0.2, 0) is 0 Å². The van der Waals surface area contributed by atoms with Gasteiger partial charge in [-0.15, -0.1) is 0 Å². The second-order valence-corrected chi connectivity index (χ2v) is 6.64. The Bertz CT molecular complexity index is 1020. The van der Waals surface area contributed by atoms with Gasteiger partial charge in [-0.25, -0.2) is 19.3 Å². The third-order valence-corrected chi connectivity index (χ3v) is 4.76. The van der Waals surface area contributed by atoms with E-state index in [2.05, 4.69) is 19.9 Å². The summed E-state index contributed by atoms with van der Waals surface area (Å²) in [6.07, 6.45) is 1.45. The first-order valence-corrected chi connectivity index (χ1v) is 8.77. The molecule has 1 amide bonds. The molecule has 4 rings (SSSR count). The van der Waals surface area contributed by atoms with E-state index in [0.717, 1.165) is 11.2 Å². The van der Waals surface area contributed by atoms with Gasteiger partial charge >= 0.3 is 0 Å². The summed E-state index contributed by atoms with van der Waals surface area (Å²) in [5.74, 6) is 0.202. The molecule has 3 heterocycles. The van der Waals surface area contributed by atoms with Crippen molar-refractivity contribution < 1.29 is 9.18 Å². The van der Waals surface area contributed by atoms with Crippen molar-refractivity contribution in [3.63, 3.8) is 0 Å². The van der Waals surface area contributed by atoms with Crippen LogP contribution in [0.15, 0.2) is 36.7 Å². The van der Waals surface area contributed by atoms with Crippen molar-refractivity contribution in [1.82, 2.24) is 19.9 Å². The van der Waals surface area contributed by atoms with Gasteiger partial charge in [0.15, 0.2) is 5.65 Å². The molecule has 0 radical (unpaired) electrons. The first kappa shape index (κ1) is 17.4. The number of hydrogen-bond acceptors (Lipinski definition) is 6. The Morgan fingerprint density at radius 1 is 1.11 bits per heavy atom. The van der Waals surface area contributed by atoms with Crippen LogP contribution in [0.4, 0.5) is 16.0 Å². The maximum Gasteiger partial charge on any atom is 0.257 e. The molecule has 2 aromatic heterocycles. The number of anilines is 2. The Morgan fingerprint density at radius 3 is 2.67 bits per heavy atom. The van der Waals surface area contributed by atoms with E-state index in [1.54, 1.807) is 11.0 Å². The Labute approximate surface area is 159 Å². The van der Waals surface area contributed by atoms with Crippen molar-refractivity contribution in [1.29, 1.82) is 0 Å². The zero-order valence-corrected chi connectivity index (χ0v) is 15.0. The predicted molar refractivity (Wildman–Crippen MR) is 101 cm³/mol. The highest BCUT2D eigenvalue weighted by Crippen LogP contribution is 2.24. The number of carbonyl (C=O) groups is 1. The monoisotopic (exact) mass is 386 g/mol. The van der Waals surface area contributed by atoms with Crippen LogP contribution in [0.3, 0.4) is 0 Å². The number of amides is 1. The zero-order valence-electron chi connectivity index (χ0n) is 14.3. The molecular weight excluding hydrogens is 371 g/mol. The molecule has 3 aromatic rings. The van der Waals surface area contributed by atoms with Gasteiger partial charge in [-0.2, -0.15) is 0 Å². The summed E-state index contributed by atoms with van der Waals surface area (Å²) >= 11 is 5.89. The number of carbonyl (C=O) groups excluding carboxylic acids is 1. The number of aromatic nitrogens is 3. The van der Waals surface area contributed by atoms with E-state index < -0.39 is 5.82 Å². The highest BCUT2D eigenvalue weighted by molar-refractivity contribution is 6.31. The second-order valence-electron chi connectivity index (χ2n) is 6.21. The van der Waals surface area contributed by atoms with Gasteiger partial charge in [0.25, 0.3) is 5.91 Å². The van der Waals surface area contributed by atoms with Crippen molar-refractivity contribution >= 4 is 40.2 Å². The van der Waals surface area contributed by atoms with Gasteiger partial charge in [0.1, 0.15) is 23.8 Å². The first-order chi connectivity index (χ1) is 13.0. The maximum atomic E-state index is 14.0. The van der Waals surface area contributed by atoms with Gasteiger partial charge in [0.2, 0.25) is 0 Å². The molecule has 138 valence electrons. The highest BCUT2D eigenvalue weighted by atomic mass is 35.5. The SMILES string of the molecule is Nc1ccc2c(N3CCN(C(=O)c4cc(Cl)ccc4F)CC3)ncnc2n1. The van der Waals surface area contributed by atoms with Crippen LogP contribution in [0.1, 0.15) is 10.4 Å². The number of rotatable bonds is 2. The summed E-state index contributed by atoms with van der Waals surface area (Å²) in [5, 5.41) is 1.13. The summed E-state index contributed by atoms with van der Waals surface area (Å²) < 4.78 is 14.0. The standard InChI is InChI=1S/C18H16ClFN6O/c19-11-1-3-14(20)13(9-11)18(27)26-7-5-25(6-8-26)17-12-2-4-15(21)24-16(12)22-10-23-17/h1-4,9-10H,5-8H2,(H2,21,22,23,24). The molecule has 0 unspecified atom stereocenters. The number of pyridine rings is 1. The second kappa shape index (κ2) is 6.96. The quantitative estimate of drug-likeness (QED) is 0.727. The van der Waals surface area contributed by atoms with Crippen LogP contribution < -0.4 is 10.6 Å². The van der Waals surface area contributed by atoms with Gasteiger partial charge in [-0.05, 0) is 30.3 Å². The van der Waals surface area contributed by atoms with Gasteiger partial charge < -0.3 is 15.5 Å². The van der Waals surface area contributed by atoms with E-state index in [9.17, 15) is 9.18 Å². The fourth-order valence-electron chi connectivity index (χ4n) is 3.15. The Balaban J connectivity index is 1.53. The largest absolute Gasteiger partial charge is 0.384 e. The molecule has 1 aliphatic rings. The average molecular weight is 387 g/mol. The molecule has 0 aliphatic carbocycles. The van der Waals surface area contributed by atoms with Crippen molar-refractivity contribution in [3.8, 4) is 0 Å². The summed E-state index contributed by atoms with van der Waals surface area (Å²) in [6, 6.07) is 7.53. The lowest BCUT2D eigenvalue weighted by molar-refractivity contribution is 0.0742. The molecule has 2 N–H and O–H groups in total. The van der Waals surface area contributed by atoms with Crippen LogP contribution in [-0.4, -0.2) is 51.9 Å². The number of hydrogen-bond donors (Lipinski definition) is 1. The third kappa shape index (κ3) is 3.35. The van der Waals surface area contributed by atoms with Crippen LogP contribution in [0.5, 0.6) is 0 Å². The molecule has 0 saturated carbocycles. The number of benzene rings is 1. The summed E-state index contributed by atoms with van der Waals surface area (Å²) in [6.45, 7) is 2.01. The molecule has 1 saturated heterocycles. The van der Waals surface area contributed by atoms with Crippen LogP contribution in [0.2, 0.25) is 5.02 Å². The summed E-state index contributed by atoms with van der Waals surface area (Å²) in [5.41, 5.74) is 6.23. The normalized spacial score (nSPS) is 14.6. The molecule has 1 aromatic carbocycles. The predicted octanol–water partition coefficient (Wildman–Crippen LogP) is 2.36. The fraction of sp³-hybridized carbons (Fsp3) is 0.222. The van der Waals surface area contributed by atoms with E-state index in [4.69, 9.17) is 17.3 Å². The molecule has 9 heteroatoms. The Morgan fingerprint density at radius 2 is 1.89 bits per heavy atom. The topological polar surface area (TPSA) is 88.2 Å². The Kier molecular flexibility index (Phi) is 4.49. The van der Waals surface area contributed by atoms with Crippen LogP contribution >= 0.6 is 11.6 Å². The molecule has 0 atom stereocenters. The van der Waals surface area contributed by atoms with E-state index in [0.29, 0.717) is 42.7 Å². The lowest BCUT2D eigenvalue weighted by Gasteiger charge is -2.35. The van der Waals surface area contributed by atoms with Crippen LogP contribution in [0, 0.1) is 5.82 Å². The van der Waals surface area contributed by atoms with Crippen molar-refractivity contribution in [3.05, 3.63) is 53.1 Å². The van der Waals surface area contributed by atoms with E-state index in [1.807, 2.05) is 6.07 Å². The van der Waals surface area contributed by atoms with Gasteiger partial charge in [-0.3, -0.25) is 4.79 Å². The van der Waals surface area contributed by atoms with Crippen molar-refractivity contribution in [2.24, 2.45) is 0 Å². The van der Waals surface area contributed by atoms with Gasteiger partial charge in [-0.1, -0.05) is 11.6 Å². The van der Waals surface area contributed by atoms with E-state index in [1.165, 1.54) is 24.5 Å². The van der Waals surface area contributed by atoms with Crippen LogP contribution in [0.25, 0.3) is 11.0 Å². The smallest absolute Gasteiger partial charge is 0.257 e. The molecule has 0 spiro atoms. The summed E-state index contributed by atoms with van der Waals surface area (Å²) in [7, 11) is 0. The molecule has 1 fully saturated rings. The number of fused-ring (bicyclic) bond motifs is 1. The number of nitrogens with zero attached hydrogens (tertiary/aromatic N) is 5. The maximum absolute atomic E-state index is 14.0. The minimum atomic E-state index is -0.572. The zero-order chi connectivity index (χ0) is 19.0. The average Bonchev–Trinajstić information content (AvgIpc) is 2.69. The highest BCUT2D eigenvalue weighted by Gasteiger charge is 2.25. The first-order valence-electron chi connectivity index (χ1n) is 8.39. The van der Waals surface area contributed by atoms with Crippen molar-refractivity contribution in [2.45, 2.75) is 0 Å². The molecule has 0 bridgehead atoms. The van der Waals surface area contributed by atoms with E-state index in [-0.39, 0.29) is 11.5 Å². The lowest BCUT2D eigenvalue weighted by atomic mass is 10.1. The third-order valence-electron chi connectivity index (χ3n) is 4.52. The molecular formula is C18H16ClFN6O. The molecule has 1 aliphatic heterocycles. The number of nitrogens with two attached hydrogens (primary N) is 1. The molecule has 27 heavy (non-hydrogen) atoms. The minimum Gasteiger partial charge on any atom is -0.384 e. The lowest BCUT2D eigenvalue weighted by Crippen LogP contribution is -2.49. The number of halogens is 2. The fourth-order valence-corrected chi connectivity index (χ4v) is 3.32. The Hall–Kier alpha value is -3.00. The minimum absolute atomic E-state index is 0.0110. The van der Waals surface area contributed by atoms with Gasteiger partial charge in [0, 0.05) is 31.2 Å². The number of piperazine rings is 1.